The Labute approximate surface area is 84.8 Å². The highest BCUT2D eigenvalue weighted by atomic mass is 32.1. The summed E-state index contributed by atoms with van der Waals surface area (Å²) < 4.78 is 0. The van der Waals surface area contributed by atoms with E-state index in [2.05, 4.69) is 35.7 Å². The molecule has 0 N–H and O–H groups in total. The second kappa shape index (κ2) is 4.92. The molecule has 0 saturated carbocycles. The van der Waals surface area contributed by atoms with Crippen LogP contribution in [-0.4, -0.2) is 22.7 Å². The number of hydrogen-bond donors (Lipinski definition) is 1. The summed E-state index contributed by atoms with van der Waals surface area (Å²) in [6, 6.07) is 0. The van der Waals surface area contributed by atoms with Crippen LogP contribution >= 0.6 is 12.6 Å². The van der Waals surface area contributed by atoms with E-state index in [4.69, 9.17) is 0 Å². The van der Waals surface area contributed by atoms with Crippen molar-refractivity contribution in [3.8, 4) is 0 Å². The maximum absolute atomic E-state index is 4.37. The molecule has 0 fully saturated rings. The van der Waals surface area contributed by atoms with Gasteiger partial charge in [0.05, 0.1) is 5.04 Å². The van der Waals surface area contributed by atoms with E-state index >= 15 is 0 Å². The molecule has 1 atom stereocenters. The molecule has 1 aliphatic rings. The molecule has 1 rings (SSSR count). The first-order valence-corrected chi connectivity index (χ1v) is 4.65. The summed E-state index contributed by atoms with van der Waals surface area (Å²) in [6.45, 7) is 8.21. The minimum Gasteiger partial charge on any atom is -0.352 e. The van der Waals surface area contributed by atoms with Gasteiger partial charge in [0.15, 0.2) is 0 Å². The van der Waals surface area contributed by atoms with Gasteiger partial charge in [0.2, 0.25) is 0 Å². The molecule has 0 saturated heterocycles. The molecule has 0 aromatic rings. The first kappa shape index (κ1) is 10.1. The Morgan fingerprint density at radius 3 is 2.92 bits per heavy atom. The van der Waals surface area contributed by atoms with Gasteiger partial charge in [-0.3, -0.25) is 4.99 Å². The fourth-order valence-electron chi connectivity index (χ4n) is 1.20. The van der Waals surface area contributed by atoms with Gasteiger partial charge >= 0.3 is 0 Å². The van der Waals surface area contributed by atoms with E-state index < -0.39 is 0 Å². The van der Waals surface area contributed by atoms with Crippen molar-refractivity contribution in [3.63, 3.8) is 0 Å². The zero-order chi connectivity index (χ0) is 9.68. The molecule has 0 aromatic carbocycles. The van der Waals surface area contributed by atoms with E-state index in [1.165, 1.54) is 0 Å². The van der Waals surface area contributed by atoms with Crippen LogP contribution < -0.4 is 0 Å². The summed E-state index contributed by atoms with van der Waals surface area (Å²) in [6.07, 6.45) is 8.57. The smallest absolute Gasteiger partial charge is 0.125 e. The van der Waals surface area contributed by atoms with Crippen molar-refractivity contribution in [2.24, 2.45) is 4.99 Å². The second-order valence-corrected chi connectivity index (χ2v) is 3.25. The van der Waals surface area contributed by atoms with E-state index in [1.807, 2.05) is 24.4 Å². The summed E-state index contributed by atoms with van der Waals surface area (Å²) in [5.74, 6) is 0. The zero-order valence-corrected chi connectivity index (χ0v) is 8.45. The van der Waals surface area contributed by atoms with Crippen molar-refractivity contribution in [1.82, 2.24) is 4.90 Å². The Bertz CT molecular complexity index is 256. The van der Waals surface area contributed by atoms with Gasteiger partial charge in [0, 0.05) is 19.2 Å². The van der Waals surface area contributed by atoms with Crippen LogP contribution in [0.5, 0.6) is 0 Å². The van der Waals surface area contributed by atoms with Gasteiger partial charge in [0.25, 0.3) is 0 Å². The first-order valence-electron chi connectivity index (χ1n) is 4.20. The third-order valence-corrected chi connectivity index (χ3v) is 2.06. The monoisotopic (exact) mass is 194 g/mol. The lowest BCUT2D eigenvalue weighted by Gasteiger charge is -2.28. The molecule has 70 valence electrons. The van der Waals surface area contributed by atoms with Crippen LogP contribution in [0.4, 0.5) is 0 Å². The lowest BCUT2D eigenvalue weighted by Crippen LogP contribution is -2.31. The number of nitrogens with zero attached hydrogens (tertiary/aromatic N) is 2. The van der Waals surface area contributed by atoms with Gasteiger partial charge in [-0.25, -0.2) is 0 Å². The predicted octanol–water partition coefficient (Wildman–Crippen LogP) is 2.23. The van der Waals surface area contributed by atoms with Crippen LogP contribution in [0.3, 0.4) is 0 Å². The van der Waals surface area contributed by atoms with Crippen molar-refractivity contribution < 1.29 is 0 Å². The minimum absolute atomic E-state index is 0.132. The molecule has 0 spiro atoms. The van der Waals surface area contributed by atoms with E-state index in [0.717, 1.165) is 18.0 Å². The summed E-state index contributed by atoms with van der Waals surface area (Å²) >= 11 is 4.20. The van der Waals surface area contributed by atoms with Crippen LogP contribution in [0.2, 0.25) is 0 Å². The summed E-state index contributed by atoms with van der Waals surface area (Å²) in [5.41, 5.74) is 0. The van der Waals surface area contributed by atoms with Crippen molar-refractivity contribution in [3.05, 3.63) is 37.6 Å². The van der Waals surface area contributed by atoms with Crippen molar-refractivity contribution in [1.29, 1.82) is 0 Å². The summed E-state index contributed by atoms with van der Waals surface area (Å²) in [4.78, 5) is 6.48. The first-order chi connectivity index (χ1) is 6.27. The van der Waals surface area contributed by atoms with E-state index in [9.17, 15) is 0 Å². The molecule has 1 aliphatic heterocycles. The van der Waals surface area contributed by atoms with Crippen LogP contribution in [0.25, 0.3) is 0 Å². The molecular formula is C10H14N2S. The van der Waals surface area contributed by atoms with Gasteiger partial charge in [-0.2, -0.15) is 0 Å². The lowest BCUT2D eigenvalue weighted by atomic mass is 10.2. The van der Waals surface area contributed by atoms with Gasteiger partial charge < -0.3 is 4.90 Å². The van der Waals surface area contributed by atoms with Gasteiger partial charge in [0.1, 0.15) is 6.17 Å². The highest BCUT2D eigenvalue weighted by Crippen LogP contribution is 2.13. The minimum atomic E-state index is 0.132. The zero-order valence-electron chi connectivity index (χ0n) is 7.56. The van der Waals surface area contributed by atoms with E-state index in [-0.39, 0.29) is 6.17 Å². The topological polar surface area (TPSA) is 15.6 Å². The molecular weight excluding hydrogens is 180 g/mol. The lowest BCUT2D eigenvalue weighted by molar-refractivity contribution is 0.309. The third-order valence-electron chi connectivity index (χ3n) is 1.80. The molecule has 13 heavy (non-hydrogen) atoms. The summed E-state index contributed by atoms with van der Waals surface area (Å²) in [7, 11) is 0. The standard InChI is InChI=1S/C10H14N2S/c1-3-5-9-11-10(13)6-8-12(9)7-4-2/h3-4,6,8-9H,1-2,5,7H2,(H,11,13). The predicted molar refractivity (Wildman–Crippen MR) is 61.1 cm³/mol. The Kier molecular flexibility index (Phi) is 3.83. The number of thiol groups is 1. The molecule has 0 radical (unpaired) electrons. The molecule has 3 heteroatoms. The second-order valence-electron chi connectivity index (χ2n) is 2.79. The SMILES string of the molecule is C=CCC1N=C(S)C=CN1CC=C. The molecule has 2 nitrogen and oxygen atoms in total. The maximum atomic E-state index is 4.37. The quantitative estimate of drug-likeness (QED) is 0.536. The molecule has 1 unspecified atom stereocenters. The Balaban J connectivity index is 2.68. The Morgan fingerprint density at radius 1 is 1.54 bits per heavy atom. The molecule has 0 amide bonds. The third kappa shape index (κ3) is 2.77. The van der Waals surface area contributed by atoms with E-state index in [1.54, 1.807) is 0 Å². The fraction of sp³-hybridized carbons (Fsp3) is 0.300. The average molecular weight is 194 g/mol. The normalized spacial score (nSPS) is 21.2. The summed E-state index contributed by atoms with van der Waals surface area (Å²) in [5, 5.41) is 0.771. The Morgan fingerprint density at radius 2 is 2.31 bits per heavy atom. The van der Waals surface area contributed by atoms with Crippen LogP contribution in [0.1, 0.15) is 6.42 Å². The van der Waals surface area contributed by atoms with Gasteiger partial charge in [-0.1, -0.05) is 12.2 Å². The number of aliphatic imine (C=N–C) groups is 1. The van der Waals surface area contributed by atoms with Crippen molar-refractivity contribution in [2.75, 3.05) is 6.54 Å². The molecule has 1 heterocycles. The number of hydrogen-bond acceptors (Lipinski definition) is 2. The Hall–Kier alpha value is -0.960. The van der Waals surface area contributed by atoms with Crippen LogP contribution in [0.15, 0.2) is 42.6 Å². The molecule has 0 bridgehead atoms. The average Bonchev–Trinajstić information content (AvgIpc) is 2.10. The van der Waals surface area contributed by atoms with Crippen molar-refractivity contribution in [2.45, 2.75) is 12.6 Å². The maximum Gasteiger partial charge on any atom is 0.125 e. The van der Waals surface area contributed by atoms with Gasteiger partial charge in [-0.15, -0.1) is 25.8 Å². The van der Waals surface area contributed by atoms with E-state index in [0.29, 0.717) is 0 Å². The largest absolute Gasteiger partial charge is 0.352 e. The van der Waals surface area contributed by atoms with Crippen LogP contribution in [0, 0.1) is 0 Å². The number of rotatable bonds is 4. The van der Waals surface area contributed by atoms with Gasteiger partial charge in [-0.05, 0) is 6.08 Å². The van der Waals surface area contributed by atoms with Crippen LogP contribution in [-0.2, 0) is 0 Å². The highest BCUT2D eigenvalue weighted by Gasteiger charge is 2.14. The highest BCUT2D eigenvalue weighted by molar-refractivity contribution is 7.97. The molecule has 0 aliphatic carbocycles. The molecule has 0 aromatic heterocycles. The van der Waals surface area contributed by atoms with Crippen molar-refractivity contribution >= 4 is 17.7 Å². The fourth-order valence-corrected chi connectivity index (χ4v) is 1.40.